The van der Waals surface area contributed by atoms with Crippen LogP contribution >= 0.6 is 0 Å². The minimum Gasteiger partial charge on any atom is -0.491 e. The van der Waals surface area contributed by atoms with E-state index < -0.39 is 0 Å². The summed E-state index contributed by atoms with van der Waals surface area (Å²) in [5.41, 5.74) is 2.59. The van der Waals surface area contributed by atoms with E-state index in [-0.39, 0.29) is 6.10 Å². The van der Waals surface area contributed by atoms with Gasteiger partial charge < -0.3 is 4.74 Å². The normalized spacial score (nSPS) is 16.8. The maximum atomic E-state index is 5.66. The molecule has 1 saturated carbocycles. The SMILES string of the molecule is C=C(c1ccc(OC(C)C)cc1)C1CCCCC1. The van der Waals surface area contributed by atoms with Crippen LogP contribution in [0.1, 0.15) is 51.5 Å². The molecule has 0 amide bonds. The molecule has 0 N–H and O–H groups in total. The Morgan fingerprint density at radius 3 is 2.28 bits per heavy atom. The van der Waals surface area contributed by atoms with E-state index in [2.05, 4.69) is 44.7 Å². The number of hydrogen-bond donors (Lipinski definition) is 0. The van der Waals surface area contributed by atoms with Crippen molar-refractivity contribution in [2.45, 2.75) is 52.1 Å². The molecule has 0 unspecified atom stereocenters. The molecule has 1 aliphatic rings. The zero-order valence-electron chi connectivity index (χ0n) is 11.6. The van der Waals surface area contributed by atoms with Crippen LogP contribution in [0.25, 0.3) is 5.57 Å². The van der Waals surface area contributed by atoms with Crippen LogP contribution in [-0.2, 0) is 0 Å². The van der Waals surface area contributed by atoms with Crippen molar-refractivity contribution < 1.29 is 4.74 Å². The highest BCUT2D eigenvalue weighted by Gasteiger charge is 2.17. The van der Waals surface area contributed by atoms with Crippen LogP contribution in [0.4, 0.5) is 0 Å². The highest BCUT2D eigenvalue weighted by molar-refractivity contribution is 5.65. The van der Waals surface area contributed by atoms with Gasteiger partial charge in [0, 0.05) is 0 Å². The average molecular weight is 244 g/mol. The van der Waals surface area contributed by atoms with Gasteiger partial charge in [-0.1, -0.05) is 38.0 Å². The van der Waals surface area contributed by atoms with E-state index in [0.29, 0.717) is 5.92 Å². The Balaban J connectivity index is 2.02. The smallest absolute Gasteiger partial charge is 0.119 e. The van der Waals surface area contributed by atoms with Crippen LogP contribution < -0.4 is 4.74 Å². The van der Waals surface area contributed by atoms with E-state index in [1.807, 2.05) is 0 Å². The molecule has 1 fully saturated rings. The van der Waals surface area contributed by atoms with Crippen molar-refractivity contribution in [2.75, 3.05) is 0 Å². The Labute approximate surface area is 111 Å². The fourth-order valence-corrected chi connectivity index (χ4v) is 2.71. The molecule has 0 spiro atoms. The predicted octanol–water partition coefficient (Wildman–Crippen LogP) is 5.07. The van der Waals surface area contributed by atoms with Crippen LogP contribution in [0.3, 0.4) is 0 Å². The van der Waals surface area contributed by atoms with Gasteiger partial charge in [0.15, 0.2) is 0 Å². The lowest BCUT2D eigenvalue weighted by Gasteiger charge is -2.24. The molecule has 1 nitrogen and oxygen atoms in total. The zero-order chi connectivity index (χ0) is 13.0. The summed E-state index contributed by atoms with van der Waals surface area (Å²) in [6.07, 6.45) is 6.96. The summed E-state index contributed by atoms with van der Waals surface area (Å²) in [7, 11) is 0. The van der Waals surface area contributed by atoms with E-state index in [4.69, 9.17) is 4.74 Å². The highest BCUT2D eigenvalue weighted by atomic mass is 16.5. The largest absolute Gasteiger partial charge is 0.491 e. The molecular weight excluding hydrogens is 220 g/mol. The maximum absolute atomic E-state index is 5.66. The molecule has 2 rings (SSSR count). The van der Waals surface area contributed by atoms with Crippen LogP contribution in [-0.4, -0.2) is 6.10 Å². The minimum atomic E-state index is 0.234. The molecule has 1 aromatic rings. The Morgan fingerprint density at radius 1 is 1.11 bits per heavy atom. The van der Waals surface area contributed by atoms with Crippen molar-refractivity contribution in [2.24, 2.45) is 5.92 Å². The quantitative estimate of drug-likeness (QED) is 0.718. The second-order valence-corrected chi connectivity index (χ2v) is 5.55. The van der Waals surface area contributed by atoms with Crippen LogP contribution in [0.5, 0.6) is 5.75 Å². The summed E-state index contributed by atoms with van der Waals surface area (Å²) in [6.45, 7) is 8.40. The summed E-state index contributed by atoms with van der Waals surface area (Å²) in [6, 6.07) is 8.41. The first-order valence-electron chi connectivity index (χ1n) is 7.12. The number of benzene rings is 1. The van der Waals surface area contributed by atoms with E-state index in [9.17, 15) is 0 Å². The van der Waals surface area contributed by atoms with E-state index >= 15 is 0 Å². The third kappa shape index (κ3) is 3.38. The number of hydrogen-bond acceptors (Lipinski definition) is 1. The van der Waals surface area contributed by atoms with E-state index in [1.165, 1.54) is 43.2 Å². The van der Waals surface area contributed by atoms with Crippen LogP contribution in [0, 0.1) is 5.92 Å². The summed E-state index contributed by atoms with van der Waals surface area (Å²) >= 11 is 0. The molecule has 0 radical (unpaired) electrons. The van der Waals surface area contributed by atoms with Gasteiger partial charge in [0.2, 0.25) is 0 Å². The molecule has 1 heteroatoms. The second-order valence-electron chi connectivity index (χ2n) is 5.55. The van der Waals surface area contributed by atoms with Crippen molar-refractivity contribution in [3.63, 3.8) is 0 Å². The molecule has 18 heavy (non-hydrogen) atoms. The first-order valence-corrected chi connectivity index (χ1v) is 7.12. The molecule has 0 bridgehead atoms. The lowest BCUT2D eigenvalue weighted by atomic mass is 9.82. The fourth-order valence-electron chi connectivity index (χ4n) is 2.71. The van der Waals surface area contributed by atoms with Gasteiger partial charge in [-0.3, -0.25) is 0 Å². The Hall–Kier alpha value is -1.24. The van der Waals surface area contributed by atoms with Gasteiger partial charge >= 0.3 is 0 Å². The van der Waals surface area contributed by atoms with Gasteiger partial charge in [-0.05, 0) is 55.9 Å². The van der Waals surface area contributed by atoms with Crippen LogP contribution in [0.15, 0.2) is 30.8 Å². The molecule has 0 atom stereocenters. The molecular formula is C17H24O. The summed E-state index contributed by atoms with van der Waals surface area (Å²) < 4.78 is 5.66. The second kappa shape index (κ2) is 6.08. The van der Waals surface area contributed by atoms with Gasteiger partial charge in [-0.2, -0.15) is 0 Å². The molecule has 98 valence electrons. The predicted molar refractivity (Wildman–Crippen MR) is 77.8 cm³/mol. The Morgan fingerprint density at radius 2 is 1.72 bits per heavy atom. The monoisotopic (exact) mass is 244 g/mol. The molecule has 0 aliphatic heterocycles. The molecule has 1 aromatic carbocycles. The first-order chi connectivity index (χ1) is 8.66. The fraction of sp³-hybridized carbons (Fsp3) is 0.529. The van der Waals surface area contributed by atoms with Crippen molar-refractivity contribution in [1.29, 1.82) is 0 Å². The lowest BCUT2D eigenvalue weighted by Crippen LogP contribution is -2.08. The van der Waals surface area contributed by atoms with E-state index in [0.717, 1.165) is 5.75 Å². The van der Waals surface area contributed by atoms with E-state index in [1.54, 1.807) is 0 Å². The third-order valence-corrected chi connectivity index (χ3v) is 3.69. The van der Waals surface area contributed by atoms with Crippen molar-refractivity contribution in [3.8, 4) is 5.75 Å². The maximum Gasteiger partial charge on any atom is 0.119 e. The molecule has 0 heterocycles. The van der Waals surface area contributed by atoms with Gasteiger partial charge in [0.05, 0.1) is 6.10 Å². The van der Waals surface area contributed by atoms with Crippen molar-refractivity contribution >= 4 is 5.57 Å². The van der Waals surface area contributed by atoms with Gasteiger partial charge in [-0.15, -0.1) is 0 Å². The van der Waals surface area contributed by atoms with Gasteiger partial charge in [0.1, 0.15) is 5.75 Å². The first kappa shape index (κ1) is 13.2. The highest BCUT2D eigenvalue weighted by Crippen LogP contribution is 2.34. The zero-order valence-corrected chi connectivity index (χ0v) is 11.6. The topological polar surface area (TPSA) is 9.23 Å². The van der Waals surface area contributed by atoms with Gasteiger partial charge in [0.25, 0.3) is 0 Å². The number of allylic oxidation sites excluding steroid dienone is 1. The minimum absolute atomic E-state index is 0.234. The standard InChI is InChI=1S/C17H24O/c1-13(2)18-17-11-9-16(10-12-17)14(3)15-7-5-4-6-8-15/h9-13,15H,3-8H2,1-2H3. The average Bonchev–Trinajstić information content (AvgIpc) is 2.39. The summed E-state index contributed by atoms with van der Waals surface area (Å²) in [5.74, 6) is 1.64. The Kier molecular flexibility index (Phi) is 4.46. The molecule has 0 aromatic heterocycles. The number of rotatable bonds is 4. The third-order valence-electron chi connectivity index (χ3n) is 3.69. The lowest BCUT2D eigenvalue weighted by molar-refractivity contribution is 0.242. The van der Waals surface area contributed by atoms with Crippen molar-refractivity contribution in [1.82, 2.24) is 0 Å². The molecule has 0 saturated heterocycles. The van der Waals surface area contributed by atoms with Crippen molar-refractivity contribution in [3.05, 3.63) is 36.4 Å². The number of ether oxygens (including phenoxy) is 1. The van der Waals surface area contributed by atoms with Crippen LogP contribution in [0.2, 0.25) is 0 Å². The van der Waals surface area contributed by atoms with Gasteiger partial charge in [-0.25, -0.2) is 0 Å². The molecule has 1 aliphatic carbocycles. The summed E-state index contributed by atoms with van der Waals surface area (Å²) in [4.78, 5) is 0. The summed E-state index contributed by atoms with van der Waals surface area (Å²) in [5, 5.41) is 0. The Bertz CT molecular complexity index is 383.